The fourth-order valence-corrected chi connectivity index (χ4v) is 2.48. The third-order valence-electron chi connectivity index (χ3n) is 2.11. The van der Waals surface area contributed by atoms with E-state index in [1.165, 1.54) is 18.3 Å². The molecule has 0 amide bonds. The minimum Gasteiger partial charge on any atom is -0.398 e. The first-order chi connectivity index (χ1) is 8.09. The third-order valence-corrected chi connectivity index (χ3v) is 3.54. The molecule has 0 aliphatic carbocycles. The van der Waals surface area contributed by atoms with Crippen LogP contribution in [0.15, 0.2) is 53.6 Å². The van der Waals surface area contributed by atoms with Crippen LogP contribution in [0.2, 0.25) is 0 Å². The summed E-state index contributed by atoms with van der Waals surface area (Å²) in [5.74, 6) is 0.260. The average molecular weight is 249 g/mol. The van der Waals surface area contributed by atoms with E-state index in [0.29, 0.717) is 0 Å². The molecule has 0 fully saturated rings. The molecule has 3 N–H and O–H groups in total. The van der Waals surface area contributed by atoms with Crippen LogP contribution < -0.4 is 10.5 Å². The molecule has 2 rings (SSSR count). The van der Waals surface area contributed by atoms with Gasteiger partial charge in [-0.2, -0.15) is 0 Å². The average Bonchev–Trinajstić information content (AvgIpc) is 2.30. The Labute approximate surface area is 99.4 Å². The molecule has 0 unspecified atom stereocenters. The van der Waals surface area contributed by atoms with Crippen molar-refractivity contribution in [2.24, 2.45) is 0 Å². The van der Waals surface area contributed by atoms with Crippen molar-refractivity contribution in [3.8, 4) is 0 Å². The number of para-hydroxylation sites is 1. The summed E-state index contributed by atoms with van der Waals surface area (Å²) in [7, 11) is -3.68. The second-order valence-electron chi connectivity index (χ2n) is 3.36. The van der Waals surface area contributed by atoms with Crippen LogP contribution in [-0.4, -0.2) is 13.4 Å². The van der Waals surface area contributed by atoms with Crippen molar-refractivity contribution >= 4 is 21.5 Å². The minimum atomic E-state index is -3.68. The summed E-state index contributed by atoms with van der Waals surface area (Å²) in [5, 5.41) is 0. The number of benzene rings is 1. The summed E-state index contributed by atoms with van der Waals surface area (Å²) in [4.78, 5) is 3.93. The normalized spacial score (nSPS) is 11.1. The van der Waals surface area contributed by atoms with Crippen LogP contribution in [0.1, 0.15) is 0 Å². The van der Waals surface area contributed by atoms with Gasteiger partial charge in [0.15, 0.2) is 0 Å². The maximum Gasteiger partial charge on any atom is 0.265 e. The largest absolute Gasteiger partial charge is 0.398 e. The zero-order valence-corrected chi connectivity index (χ0v) is 9.68. The van der Waals surface area contributed by atoms with Gasteiger partial charge in [-0.3, -0.25) is 4.72 Å². The highest BCUT2D eigenvalue weighted by Crippen LogP contribution is 2.19. The van der Waals surface area contributed by atoms with Gasteiger partial charge in [0.1, 0.15) is 10.7 Å². The molecule has 1 heterocycles. The lowest BCUT2D eigenvalue weighted by Crippen LogP contribution is -2.15. The highest BCUT2D eigenvalue weighted by atomic mass is 32.2. The van der Waals surface area contributed by atoms with Gasteiger partial charge in [0.2, 0.25) is 0 Å². The number of hydrogen-bond acceptors (Lipinski definition) is 4. The molecule has 0 aliphatic rings. The fraction of sp³-hybridized carbons (Fsp3) is 0. The Balaban J connectivity index is 2.36. The van der Waals surface area contributed by atoms with Gasteiger partial charge in [-0.25, -0.2) is 13.4 Å². The van der Waals surface area contributed by atoms with Crippen LogP contribution in [-0.2, 0) is 10.0 Å². The van der Waals surface area contributed by atoms with Gasteiger partial charge in [0, 0.05) is 6.20 Å². The summed E-state index contributed by atoms with van der Waals surface area (Å²) in [6.07, 6.45) is 1.51. The highest BCUT2D eigenvalue weighted by molar-refractivity contribution is 7.92. The number of sulfonamides is 1. The standard InChI is InChI=1S/C11H11N3O2S/c12-9-5-1-2-6-10(9)17(15,16)14-11-7-3-4-8-13-11/h1-8H,12H2,(H,13,14). The third kappa shape index (κ3) is 2.54. The predicted molar refractivity (Wildman–Crippen MR) is 65.9 cm³/mol. The van der Waals surface area contributed by atoms with Crippen molar-refractivity contribution in [1.82, 2.24) is 4.98 Å². The number of anilines is 2. The summed E-state index contributed by atoms with van der Waals surface area (Å²) >= 11 is 0. The number of nitrogens with zero attached hydrogens (tertiary/aromatic N) is 1. The van der Waals surface area contributed by atoms with Crippen molar-refractivity contribution in [1.29, 1.82) is 0 Å². The molecule has 0 bridgehead atoms. The van der Waals surface area contributed by atoms with Crippen molar-refractivity contribution < 1.29 is 8.42 Å². The molecule has 17 heavy (non-hydrogen) atoms. The zero-order chi connectivity index (χ0) is 12.3. The molecule has 0 spiro atoms. The molecule has 5 nitrogen and oxygen atoms in total. The monoisotopic (exact) mass is 249 g/mol. The smallest absolute Gasteiger partial charge is 0.265 e. The Bertz CT molecular complexity index is 612. The summed E-state index contributed by atoms with van der Waals surface area (Å²) in [5.41, 5.74) is 5.83. The Kier molecular flexibility index (Phi) is 2.97. The van der Waals surface area contributed by atoms with Gasteiger partial charge in [-0.15, -0.1) is 0 Å². The lowest BCUT2D eigenvalue weighted by molar-refractivity contribution is 0.601. The van der Waals surface area contributed by atoms with E-state index in [1.807, 2.05) is 0 Å². The molecule has 0 saturated heterocycles. The summed E-state index contributed by atoms with van der Waals surface area (Å²) < 4.78 is 26.3. The highest BCUT2D eigenvalue weighted by Gasteiger charge is 2.16. The van der Waals surface area contributed by atoms with Crippen LogP contribution in [0.5, 0.6) is 0 Å². The number of nitrogens with two attached hydrogens (primary N) is 1. The lowest BCUT2D eigenvalue weighted by atomic mass is 10.3. The number of nitrogen functional groups attached to an aromatic ring is 1. The SMILES string of the molecule is Nc1ccccc1S(=O)(=O)Nc1ccccn1. The Morgan fingerprint density at radius 1 is 1.06 bits per heavy atom. The molecule has 6 heteroatoms. The van der Waals surface area contributed by atoms with E-state index in [1.54, 1.807) is 30.3 Å². The zero-order valence-electron chi connectivity index (χ0n) is 8.87. The van der Waals surface area contributed by atoms with Crippen LogP contribution in [0.4, 0.5) is 11.5 Å². The first kappa shape index (κ1) is 11.4. The Morgan fingerprint density at radius 3 is 2.41 bits per heavy atom. The fourth-order valence-electron chi connectivity index (χ4n) is 1.34. The van der Waals surface area contributed by atoms with E-state index >= 15 is 0 Å². The van der Waals surface area contributed by atoms with Crippen molar-refractivity contribution in [2.75, 3.05) is 10.5 Å². The second kappa shape index (κ2) is 4.42. The van der Waals surface area contributed by atoms with E-state index in [0.717, 1.165) is 0 Å². The van der Waals surface area contributed by atoms with Gasteiger partial charge >= 0.3 is 0 Å². The van der Waals surface area contributed by atoms with Gasteiger partial charge in [-0.05, 0) is 24.3 Å². The van der Waals surface area contributed by atoms with Crippen LogP contribution in [0.3, 0.4) is 0 Å². The van der Waals surface area contributed by atoms with E-state index in [2.05, 4.69) is 9.71 Å². The molecule has 88 valence electrons. The number of nitrogens with one attached hydrogen (secondary N) is 1. The number of hydrogen-bond donors (Lipinski definition) is 2. The Hall–Kier alpha value is -2.08. The quantitative estimate of drug-likeness (QED) is 0.806. The van der Waals surface area contributed by atoms with Crippen molar-refractivity contribution in [3.63, 3.8) is 0 Å². The van der Waals surface area contributed by atoms with Crippen molar-refractivity contribution in [3.05, 3.63) is 48.7 Å². The molecule has 1 aromatic carbocycles. The van der Waals surface area contributed by atoms with E-state index in [9.17, 15) is 8.42 Å². The maximum absolute atomic E-state index is 12.0. The van der Waals surface area contributed by atoms with Crippen molar-refractivity contribution in [2.45, 2.75) is 4.90 Å². The van der Waals surface area contributed by atoms with Gasteiger partial charge < -0.3 is 5.73 Å². The minimum absolute atomic E-state index is 0.0469. The Morgan fingerprint density at radius 2 is 1.76 bits per heavy atom. The number of rotatable bonds is 3. The van der Waals surface area contributed by atoms with Crippen LogP contribution in [0, 0.1) is 0 Å². The number of pyridine rings is 1. The first-order valence-corrected chi connectivity index (χ1v) is 6.36. The summed E-state index contributed by atoms with van der Waals surface area (Å²) in [6.45, 7) is 0. The van der Waals surface area contributed by atoms with Gasteiger partial charge in [-0.1, -0.05) is 18.2 Å². The van der Waals surface area contributed by atoms with Crippen LogP contribution >= 0.6 is 0 Å². The van der Waals surface area contributed by atoms with Gasteiger partial charge in [0.05, 0.1) is 5.69 Å². The van der Waals surface area contributed by atoms with Crippen LogP contribution in [0.25, 0.3) is 0 Å². The topological polar surface area (TPSA) is 85.1 Å². The molecule has 0 saturated carbocycles. The number of aromatic nitrogens is 1. The molecule has 0 atom stereocenters. The van der Waals surface area contributed by atoms with E-state index in [-0.39, 0.29) is 16.4 Å². The molecule has 0 radical (unpaired) electrons. The molecule has 0 aliphatic heterocycles. The van der Waals surface area contributed by atoms with E-state index < -0.39 is 10.0 Å². The van der Waals surface area contributed by atoms with Gasteiger partial charge in [0.25, 0.3) is 10.0 Å². The molecule has 1 aromatic heterocycles. The predicted octanol–water partition coefficient (Wildman–Crippen LogP) is 1.46. The maximum atomic E-state index is 12.0. The lowest BCUT2D eigenvalue weighted by Gasteiger charge is -2.08. The molecular formula is C11H11N3O2S. The summed E-state index contributed by atoms with van der Waals surface area (Å²) in [6, 6.07) is 11.2. The van der Waals surface area contributed by atoms with E-state index in [4.69, 9.17) is 5.73 Å². The second-order valence-corrected chi connectivity index (χ2v) is 5.01. The molecule has 2 aromatic rings. The molecular weight excluding hydrogens is 238 g/mol. The first-order valence-electron chi connectivity index (χ1n) is 4.88.